The van der Waals surface area contributed by atoms with E-state index in [4.69, 9.17) is 9.47 Å². The van der Waals surface area contributed by atoms with Gasteiger partial charge in [-0.2, -0.15) is 0 Å². The third-order valence-corrected chi connectivity index (χ3v) is 4.03. The maximum absolute atomic E-state index is 13.2. The number of para-hydroxylation sites is 1. The lowest BCUT2D eigenvalue weighted by Gasteiger charge is -2.25. The van der Waals surface area contributed by atoms with Gasteiger partial charge in [0.15, 0.2) is 0 Å². The Morgan fingerprint density at radius 3 is 2.95 bits per heavy atom. The van der Waals surface area contributed by atoms with Gasteiger partial charge in [-0.3, -0.25) is 0 Å². The maximum atomic E-state index is 13.2. The highest BCUT2D eigenvalue weighted by Crippen LogP contribution is 2.34. The van der Waals surface area contributed by atoms with Crippen LogP contribution < -0.4 is 9.47 Å². The fraction of sp³-hybridized carbons (Fsp3) is 0.250. The van der Waals surface area contributed by atoms with Crippen LogP contribution in [0.5, 0.6) is 11.5 Å². The van der Waals surface area contributed by atoms with Gasteiger partial charge >= 0.3 is 0 Å². The molecule has 2 nitrogen and oxygen atoms in total. The van der Waals surface area contributed by atoms with E-state index in [0.29, 0.717) is 29.4 Å². The molecule has 2 aromatic rings. The van der Waals surface area contributed by atoms with Crippen LogP contribution in [0.15, 0.2) is 46.9 Å². The van der Waals surface area contributed by atoms with E-state index in [1.54, 1.807) is 12.1 Å². The summed E-state index contributed by atoms with van der Waals surface area (Å²) in [6.45, 7) is 1.27. The van der Waals surface area contributed by atoms with E-state index >= 15 is 0 Å². The van der Waals surface area contributed by atoms with Gasteiger partial charge in [-0.05, 0) is 46.6 Å². The summed E-state index contributed by atoms with van der Waals surface area (Å²) in [4.78, 5) is 0. The molecule has 1 aliphatic rings. The van der Waals surface area contributed by atoms with Crippen molar-refractivity contribution in [1.29, 1.82) is 0 Å². The zero-order valence-corrected chi connectivity index (χ0v) is 12.4. The average molecular weight is 337 g/mol. The predicted octanol–water partition coefficient (Wildman–Crippen LogP) is 4.53. The standard InChI is InChI=1S/C16H14BrFO2/c17-14-9-12(5-6-15(14)18)20-10-11-7-8-19-16-4-2-1-3-13(11)16/h1-6,9,11H,7-8,10H2. The Morgan fingerprint density at radius 1 is 1.25 bits per heavy atom. The molecule has 0 radical (unpaired) electrons. The Kier molecular flexibility index (Phi) is 3.92. The number of hydrogen-bond donors (Lipinski definition) is 0. The molecule has 1 aliphatic heterocycles. The van der Waals surface area contributed by atoms with Crippen molar-refractivity contribution < 1.29 is 13.9 Å². The Labute approximate surface area is 125 Å². The number of hydrogen-bond acceptors (Lipinski definition) is 2. The van der Waals surface area contributed by atoms with Gasteiger partial charge in [0.05, 0.1) is 17.7 Å². The molecule has 0 aromatic heterocycles. The van der Waals surface area contributed by atoms with Crippen LogP contribution in [0, 0.1) is 5.82 Å². The number of benzene rings is 2. The van der Waals surface area contributed by atoms with Crippen molar-refractivity contribution in [3.63, 3.8) is 0 Å². The van der Waals surface area contributed by atoms with Gasteiger partial charge in [-0.1, -0.05) is 18.2 Å². The minimum atomic E-state index is -0.284. The molecule has 4 heteroatoms. The summed E-state index contributed by atoms with van der Waals surface area (Å²) in [5, 5.41) is 0. The molecule has 0 spiro atoms. The monoisotopic (exact) mass is 336 g/mol. The van der Waals surface area contributed by atoms with E-state index in [2.05, 4.69) is 22.0 Å². The molecule has 1 unspecified atom stereocenters. The molecule has 104 valence electrons. The number of ether oxygens (including phenoxy) is 2. The van der Waals surface area contributed by atoms with Crippen LogP contribution in [0.2, 0.25) is 0 Å². The van der Waals surface area contributed by atoms with Gasteiger partial charge in [0.25, 0.3) is 0 Å². The quantitative estimate of drug-likeness (QED) is 0.819. The minimum Gasteiger partial charge on any atom is -0.493 e. The van der Waals surface area contributed by atoms with Crippen molar-refractivity contribution in [3.8, 4) is 11.5 Å². The Balaban J connectivity index is 1.71. The second-order valence-corrected chi connectivity index (χ2v) is 5.61. The van der Waals surface area contributed by atoms with Crippen molar-refractivity contribution >= 4 is 15.9 Å². The fourth-order valence-corrected chi connectivity index (χ4v) is 2.71. The number of halogens is 2. The van der Waals surface area contributed by atoms with Gasteiger partial charge < -0.3 is 9.47 Å². The van der Waals surface area contributed by atoms with Crippen LogP contribution in [-0.4, -0.2) is 13.2 Å². The van der Waals surface area contributed by atoms with Crippen molar-refractivity contribution in [2.45, 2.75) is 12.3 Å². The molecular formula is C16H14BrFO2. The summed E-state index contributed by atoms with van der Waals surface area (Å²) in [5.74, 6) is 1.63. The molecule has 0 saturated heterocycles. The molecular weight excluding hydrogens is 323 g/mol. The summed E-state index contributed by atoms with van der Waals surface area (Å²) >= 11 is 3.16. The normalized spacial score (nSPS) is 17.2. The third kappa shape index (κ3) is 2.80. The van der Waals surface area contributed by atoms with Gasteiger partial charge in [0.2, 0.25) is 0 Å². The zero-order valence-electron chi connectivity index (χ0n) is 10.8. The molecule has 1 atom stereocenters. The first-order valence-corrected chi connectivity index (χ1v) is 7.33. The molecule has 1 heterocycles. The fourth-order valence-electron chi connectivity index (χ4n) is 2.35. The van der Waals surface area contributed by atoms with E-state index in [-0.39, 0.29) is 5.82 Å². The SMILES string of the molecule is Fc1ccc(OCC2CCOc3ccccc32)cc1Br. The Morgan fingerprint density at radius 2 is 2.10 bits per heavy atom. The van der Waals surface area contributed by atoms with E-state index in [1.165, 1.54) is 11.6 Å². The number of rotatable bonds is 3. The first-order chi connectivity index (χ1) is 9.74. The van der Waals surface area contributed by atoms with Crippen molar-refractivity contribution in [3.05, 3.63) is 58.3 Å². The second kappa shape index (κ2) is 5.83. The molecule has 0 fully saturated rings. The van der Waals surface area contributed by atoms with E-state index in [9.17, 15) is 4.39 Å². The molecule has 0 aliphatic carbocycles. The summed E-state index contributed by atoms with van der Waals surface area (Å²) in [5.41, 5.74) is 1.18. The Bertz CT molecular complexity index is 615. The van der Waals surface area contributed by atoms with Crippen LogP contribution in [0.3, 0.4) is 0 Å². The van der Waals surface area contributed by atoms with Crippen LogP contribution in [0.1, 0.15) is 17.9 Å². The smallest absolute Gasteiger partial charge is 0.137 e. The topological polar surface area (TPSA) is 18.5 Å². The molecule has 0 saturated carbocycles. The Hall–Kier alpha value is -1.55. The lowest BCUT2D eigenvalue weighted by atomic mass is 9.94. The average Bonchev–Trinajstić information content (AvgIpc) is 2.48. The summed E-state index contributed by atoms with van der Waals surface area (Å²) in [6, 6.07) is 12.7. The van der Waals surface area contributed by atoms with E-state index < -0.39 is 0 Å². The molecule has 20 heavy (non-hydrogen) atoms. The van der Waals surface area contributed by atoms with Crippen LogP contribution in [0.4, 0.5) is 4.39 Å². The first-order valence-electron chi connectivity index (χ1n) is 6.53. The molecule has 0 N–H and O–H groups in total. The van der Waals surface area contributed by atoms with Crippen molar-refractivity contribution in [2.75, 3.05) is 13.2 Å². The minimum absolute atomic E-state index is 0.284. The largest absolute Gasteiger partial charge is 0.493 e. The summed E-state index contributed by atoms with van der Waals surface area (Å²) in [7, 11) is 0. The molecule has 2 aromatic carbocycles. The van der Waals surface area contributed by atoms with Gasteiger partial charge in [0, 0.05) is 11.5 Å². The maximum Gasteiger partial charge on any atom is 0.137 e. The highest BCUT2D eigenvalue weighted by molar-refractivity contribution is 9.10. The van der Waals surface area contributed by atoms with Gasteiger partial charge in [-0.15, -0.1) is 0 Å². The van der Waals surface area contributed by atoms with E-state index in [0.717, 1.165) is 12.2 Å². The predicted molar refractivity (Wildman–Crippen MR) is 78.9 cm³/mol. The van der Waals surface area contributed by atoms with E-state index in [1.807, 2.05) is 18.2 Å². The van der Waals surface area contributed by atoms with Crippen LogP contribution in [0.25, 0.3) is 0 Å². The molecule has 3 rings (SSSR count). The van der Waals surface area contributed by atoms with Gasteiger partial charge in [0.1, 0.15) is 17.3 Å². The third-order valence-electron chi connectivity index (χ3n) is 3.42. The molecule has 0 amide bonds. The van der Waals surface area contributed by atoms with Crippen LogP contribution in [-0.2, 0) is 0 Å². The zero-order chi connectivity index (χ0) is 13.9. The summed E-state index contributed by atoms with van der Waals surface area (Å²) < 4.78 is 25.0. The second-order valence-electron chi connectivity index (χ2n) is 4.76. The number of fused-ring (bicyclic) bond motifs is 1. The molecule has 0 bridgehead atoms. The summed E-state index contributed by atoms with van der Waals surface area (Å²) in [6.07, 6.45) is 0.930. The van der Waals surface area contributed by atoms with Crippen LogP contribution >= 0.6 is 15.9 Å². The first kappa shape index (κ1) is 13.4. The van der Waals surface area contributed by atoms with Gasteiger partial charge in [-0.25, -0.2) is 4.39 Å². The lowest BCUT2D eigenvalue weighted by molar-refractivity contribution is 0.217. The van der Waals surface area contributed by atoms with Crippen molar-refractivity contribution in [2.24, 2.45) is 0 Å². The lowest BCUT2D eigenvalue weighted by Crippen LogP contribution is -2.19. The highest BCUT2D eigenvalue weighted by Gasteiger charge is 2.21. The van der Waals surface area contributed by atoms with Crippen molar-refractivity contribution in [1.82, 2.24) is 0 Å². The highest BCUT2D eigenvalue weighted by atomic mass is 79.9.